The summed E-state index contributed by atoms with van der Waals surface area (Å²) in [5.41, 5.74) is 11.6. The van der Waals surface area contributed by atoms with Gasteiger partial charge in [0.1, 0.15) is 0 Å². The standard InChI is InChI=1S/C10H15N3O2S/c1-4(2)13-10(15)7-5(3)6(8(11)14)9(12)16-7/h4H,12H2,1-3H3,(H2,11,14)(H,13,15). The second kappa shape index (κ2) is 4.52. The number of hydrogen-bond donors (Lipinski definition) is 3. The van der Waals surface area contributed by atoms with Crippen molar-refractivity contribution >= 4 is 28.2 Å². The van der Waals surface area contributed by atoms with Gasteiger partial charge in [-0.2, -0.15) is 0 Å². The van der Waals surface area contributed by atoms with Crippen molar-refractivity contribution in [1.29, 1.82) is 0 Å². The van der Waals surface area contributed by atoms with Crippen LogP contribution >= 0.6 is 11.3 Å². The summed E-state index contributed by atoms with van der Waals surface area (Å²) >= 11 is 1.08. The van der Waals surface area contributed by atoms with Crippen molar-refractivity contribution in [2.75, 3.05) is 5.73 Å². The van der Waals surface area contributed by atoms with Crippen LogP contribution in [0.5, 0.6) is 0 Å². The van der Waals surface area contributed by atoms with Crippen LogP contribution in [-0.4, -0.2) is 17.9 Å². The SMILES string of the molecule is Cc1c(C(=O)NC(C)C)sc(N)c1C(N)=O. The van der Waals surface area contributed by atoms with Crippen LogP contribution in [0.1, 0.15) is 39.4 Å². The quantitative estimate of drug-likeness (QED) is 0.732. The monoisotopic (exact) mass is 241 g/mol. The second-order valence-corrected chi connectivity index (χ2v) is 4.84. The Bertz CT molecular complexity index is 438. The highest BCUT2D eigenvalue weighted by molar-refractivity contribution is 7.18. The molecule has 0 aliphatic rings. The highest BCUT2D eigenvalue weighted by Gasteiger charge is 2.21. The van der Waals surface area contributed by atoms with Crippen molar-refractivity contribution in [3.05, 3.63) is 16.0 Å². The van der Waals surface area contributed by atoms with Crippen LogP contribution in [0, 0.1) is 6.92 Å². The van der Waals surface area contributed by atoms with E-state index in [9.17, 15) is 9.59 Å². The lowest BCUT2D eigenvalue weighted by Crippen LogP contribution is -2.30. The Balaban J connectivity index is 3.12. The van der Waals surface area contributed by atoms with Crippen LogP contribution in [-0.2, 0) is 0 Å². The van der Waals surface area contributed by atoms with Gasteiger partial charge in [0.05, 0.1) is 15.4 Å². The molecule has 0 aliphatic carbocycles. The molecule has 0 fully saturated rings. The van der Waals surface area contributed by atoms with Crippen molar-refractivity contribution in [1.82, 2.24) is 5.32 Å². The number of anilines is 1. The zero-order valence-corrected chi connectivity index (χ0v) is 10.3. The number of amides is 2. The normalized spacial score (nSPS) is 10.5. The molecule has 1 aromatic rings. The lowest BCUT2D eigenvalue weighted by atomic mass is 10.1. The van der Waals surface area contributed by atoms with Crippen LogP contribution in [0.4, 0.5) is 5.00 Å². The van der Waals surface area contributed by atoms with E-state index < -0.39 is 5.91 Å². The first-order chi connectivity index (χ1) is 7.34. The number of hydrogen-bond acceptors (Lipinski definition) is 4. The van der Waals surface area contributed by atoms with Gasteiger partial charge in [-0.05, 0) is 26.3 Å². The van der Waals surface area contributed by atoms with Crippen LogP contribution in [0.2, 0.25) is 0 Å². The Morgan fingerprint density at radius 1 is 1.38 bits per heavy atom. The van der Waals surface area contributed by atoms with Crippen molar-refractivity contribution in [2.24, 2.45) is 5.73 Å². The van der Waals surface area contributed by atoms with Crippen LogP contribution in [0.3, 0.4) is 0 Å². The topological polar surface area (TPSA) is 98.2 Å². The first kappa shape index (κ1) is 12.5. The summed E-state index contributed by atoms with van der Waals surface area (Å²) in [6.07, 6.45) is 0. The average Bonchev–Trinajstić information content (AvgIpc) is 2.40. The predicted octanol–water partition coefficient (Wildman–Crippen LogP) is 0.876. The van der Waals surface area contributed by atoms with Gasteiger partial charge < -0.3 is 16.8 Å². The van der Waals surface area contributed by atoms with Gasteiger partial charge in [-0.1, -0.05) is 0 Å². The summed E-state index contributed by atoms with van der Waals surface area (Å²) < 4.78 is 0. The third-order valence-electron chi connectivity index (χ3n) is 2.05. The molecule has 5 nitrogen and oxygen atoms in total. The molecule has 0 unspecified atom stereocenters. The summed E-state index contributed by atoms with van der Waals surface area (Å²) in [6.45, 7) is 5.39. The van der Waals surface area contributed by atoms with Gasteiger partial charge in [-0.25, -0.2) is 0 Å². The summed E-state index contributed by atoms with van der Waals surface area (Å²) in [5.74, 6) is -0.827. The van der Waals surface area contributed by atoms with Crippen LogP contribution in [0.15, 0.2) is 0 Å². The van der Waals surface area contributed by atoms with Crippen LogP contribution in [0.25, 0.3) is 0 Å². The molecule has 0 radical (unpaired) electrons. The minimum Gasteiger partial charge on any atom is -0.390 e. The number of nitrogens with two attached hydrogens (primary N) is 2. The fourth-order valence-electron chi connectivity index (χ4n) is 1.39. The molecule has 0 saturated carbocycles. The summed E-state index contributed by atoms with van der Waals surface area (Å²) in [4.78, 5) is 23.3. The third kappa shape index (κ3) is 2.33. The summed E-state index contributed by atoms with van der Waals surface area (Å²) in [6, 6.07) is 0.0345. The number of nitrogen functional groups attached to an aromatic ring is 1. The molecule has 0 bridgehead atoms. The zero-order valence-electron chi connectivity index (χ0n) is 9.46. The van der Waals surface area contributed by atoms with Gasteiger partial charge in [-0.15, -0.1) is 11.3 Å². The van der Waals surface area contributed by atoms with Gasteiger partial charge >= 0.3 is 0 Å². The Labute approximate surface area is 97.8 Å². The van der Waals surface area contributed by atoms with Crippen LogP contribution < -0.4 is 16.8 Å². The molecule has 0 atom stereocenters. The molecule has 0 aliphatic heterocycles. The number of nitrogens with one attached hydrogen (secondary N) is 1. The van der Waals surface area contributed by atoms with E-state index >= 15 is 0 Å². The number of primary amides is 1. The average molecular weight is 241 g/mol. The van der Waals surface area contributed by atoms with Gasteiger partial charge in [0.2, 0.25) is 0 Å². The van der Waals surface area contributed by atoms with E-state index in [2.05, 4.69) is 5.32 Å². The molecular weight excluding hydrogens is 226 g/mol. The zero-order chi connectivity index (χ0) is 12.5. The van der Waals surface area contributed by atoms with Gasteiger partial charge in [0.15, 0.2) is 0 Å². The lowest BCUT2D eigenvalue weighted by Gasteiger charge is -2.07. The van der Waals surface area contributed by atoms with Gasteiger partial charge in [0, 0.05) is 6.04 Å². The second-order valence-electron chi connectivity index (χ2n) is 3.79. The minimum atomic E-state index is -0.602. The molecule has 0 spiro atoms. The fraction of sp³-hybridized carbons (Fsp3) is 0.400. The fourth-order valence-corrected chi connectivity index (χ4v) is 2.37. The first-order valence-electron chi connectivity index (χ1n) is 4.84. The molecule has 5 N–H and O–H groups in total. The Kier molecular flexibility index (Phi) is 3.54. The molecule has 0 saturated heterocycles. The molecule has 6 heteroatoms. The molecule has 88 valence electrons. The van der Waals surface area contributed by atoms with E-state index in [0.717, 1.165) is 11.3 Å². The minimum absolute atomic E-state index is 0.0345. The Morgan fingerprint density at radius 3 is 2.31 bits per heavy atom. The number of rotatable bonds is 3. The number of carbonyl (C=O) groups excluding carboxylic acids is 2. The van der Waals surface area contributed by atoms with E-state index in [0.29, 0.717) is 15.4 Å². The van der Waals surface area contributed by atoms with Gasteiger partial charge in [-0.3, -0.25) is 9.59 Å². The number of thiophene rings is 1. The van der Waals surface area contributed by atoms with E-state index in [1.165, 1.54) is 0 Å². The Hall–Kier alpha value is -1.56. The highest BCUT2D eigenvalue weighted by Crippen LogP contribution is 2.29. The molecule has 2 amide bonds. The predicted molar refractivity (Wildman–Crippen MR) is 64.6 cm³/mol. The molecular formula is C10H15N3O2S. The summed E-state index contributed by atoms with van der Waals surface area (Å²) in [7, 11) is 0. The lowest BCUT2D eigenvalue weighted by molar-refractivity contribution is 0.0946. The van der Waals surface area contributed by atoms with Gasteiger partial charge in [0.25, 0.3) is 11.8 Å². The van der Waals surface area contributed by atoms with Crippen molar-refractivity contribution < 1.29 is 9.59 Å². The Morgan fingerprint density at radius 2 is 1.94 bits per heavy atom. The van der Waals surface area contributed by atoms with E-state index in [4.69, 9.17) is 11.5 Å². The maximum Gasteiger partial charge on any atom is 0.261 e. The van der Waals surface area contributed by atoms with E-state index in [-0.39, 0.29) is 17.5 Å². The van der Waals surface area contributed by atoms with Crippen molar-refractivity contribution in [2.45, 2.75) is 26.8 Å². The smallest absolute Gasteiger partial charge is 0.261 e. The largest absolute Gasteiger partial charge is 0.390 e. The maximum absolute atomic E-state index is 11.8. The molecule has 1 aromatic heterocycles. The maximum atomic E-state index is 11.8. The third-order valence-corrected chi connectivity index (χ3v) is 3.17. The van der Waals surface area contributed by atoms with E-state index in [1.54, 1.807) is 6.92 Å². The van der Waals surface area contributed by atoms with Crippen molar-refractivity contribution in [3.8, 4) is 0 Å². The number of carbonyl (C=O) groups is 2. The molecule has 16 heavy (non-hydrogen) atoms. The highest BCUT2D eigenvalue weighted by atomic mass is 32.1. The first-order valence-corrected chi connectivity index (χ1v) is 5.65. The summed E-state index contributed by atoms with van der Waals surface area (Å²) in [5, 5.41) is 3.03. The molecule has 1 rings (SSSR count). The van der Waals surface area contributed by atoms with E-state index in [1.807, 2.05) is 13.8 Å². The van der Waals surface area contributed by atoms with Crippen molar-refractivity contribution in [3.63, 3.8) is 0 Å². The molecule has 1 heterocycles. The molecule has 0 aromatic carbocycles.